The van der Waals surface area contributed by atoms with E-state index < -0.39 is 0 Å². The number of amides is 1. The lowest BCUT2D eigenvalue weighted by Crippen LogP contribution is -2.48. The number of rotatable bonds is 4. The lowest BCUT2D eigenvalue weighted by Gasteiger charge is -2.33. The molecule has 0 aromatic carbocycles. The molecule has 0 spiro atoms. The van der Waals surface area contributed by atoms with Crippen LogP contribution in [0.25, 0.3) is 0 Å². The summed E-state index contributed by atoms with van der Waals surface area (Å²) in [6, 6.07) is 2.44. The van der Waals surface area contributed by atoms with Gasteiger partial charge in [-0.15, -0.1) is 0 Å². The van der Waals surface area contributed by atoms with Gasteiger partial charge in [-0.2, -0.15) is 0 Å². The van der Waals surface area contributed by atoms with Crippen molar-refractivity contribution < 1.29 is 9.21 Å². The van der Waals surface area contributed by atoms with E-state index in [1.165, 1.54) is 12.8 Å². The Kier molecular flexibility index (Phi) is 4.64. The quantitative estimate of drug-likeness (QED) is 0.909. The van der Waals surface area contributed by atoms with E-state index in [1.54, 1.807) is 6.26 Å². The third-order valence-corrected chi connectivity index (χ3v) is 3.69. The molecule has 2 rings (SSSR count). The zero-order valence-electron chi connectivity index (χ0n) is 12.1. The molecule has 1 aromatic heterocycles. The molecule has 1 N–H and O–H groups in total. The molecule has 19 heavy (non-hydrogen) atoms. The molecule has 1 amide bonds. The summed E-state index contributed by atoms with van der Waals surface area (Å²) in [7, 11) is 0. The van der Waals surface area contributed by atoms with Gasteiger partial charge >= 0.3 is 0 Å². The molecule has 2 heterocycles. The van der Waals surface area contributed by atoms with E-state index in [2.05, 4.69) is 19.2 Å². The fraction of sp³-hybridized carbons (Fsp3) is 0.667. The Labute approximate surface area is 115 Å². The number of hydrogen-bond donors (Lipinski definition) is 1. The maximum Gasteiger partial charge on any atom is 0.257 e. The van der Waals surface area contributed by atoms with Crippen LogP contribution in [0.4, 0.5) is 0 Å². The van der Waals surface area contributed by atoms with Crippen LogP contribution in [0.2, 0.25) is 0 Å². The van der Waals surface area contributed by atoms with Crippen LogP contribution >= 0.6 is 0 Å². The summed E-state index contributed by atoms with van der Waals surface area (Å²) in [6.07, 6.45) is 5.21. The summed E-state index contributed by atoms with van der Waals surface area (Å²) in [6.45, 7) is 7.83. The van der Waals surface area contributed by atoms with Gasteiger partial charge in [0.15, 0.2) is 0 Å². The lowest BCUT2D eigenvalue weighted by molar-refractivity contribution is 0.0676. The van der Waals surface area contributed by atoms with E-state index in [9.17, 15) is 4.79 Å². The third kappa shape index (κ3) is 3.60. The SMILES string of the molecule is Cc1cc(C(=O)N(CC2CCCCN2)C(C)C)co1. The first-order chi connectivity index (χ1) is 9.08. The Bertz CT molecular complexity index is 420. The van der Waals surface area contributed by atoms with Crippen molar-refractivity contribution in [2.45, 2.75) is 52.1 Å². The summed E-state index contributed by atoms with van der Waals surface area (Å²) in [5.41, 5.74) is 0.655. The number of aryl methyl sites for hydroxylation is 1. The number of nitrogens with one attached hydrogen (secondary N) is 1. The van der Waals surface area contributed by atoms with E-state index in [-0.39, 0.29) is 11.9 Å². The predicted molar refractivity (Wildman–Crippen MR) is 75.3 cm³/mol. The molecule has 106 valence electrons. The molecule has 0 radical (unpaired) electrons. The van der Waals surface area contributed by atoms with Crippen LogP contribution in [0.1, 0.15) is 49.2 Å². The normalized spacial score (nSPS) is 19.7. The first kappa shape index (κ1) is 14.1. The zero-order chi connectivity index (χ0) is 13.8. The highest BCUT2D eigenvalue weighted by molar-refractivity contribution is 5.94. The second kappa shape index (κ2) is 6.24. The van der Waals surface area contributed by atoms with Crippen molar-refractivity contribution in [3.63, 3.8) is 0 Å². The van der Waals surface area contributed by atoms with Crippen molar-refractivity contribution in [1.82, 2.24) is 10.2 Å². The third-order valence-electron chi connectivity index (χ3n) is 3.69. The van der Waals surface area contributed by atoms with Gasteiger partial charge in [0.25, 0.3) is 5.91 Å². The van der Waals surface area contributed by atoms with Gasteiger partial charge in [0.1, 0.15) is 12.0 Å². The number of furan rings is 1. The first-order valence-electron chi connectivity index (χ1n) is 7.17. The van der Waals surface area contributed by atoms with Crippen molar-refractivity contribution in [3.05, 3.63) is 23.7 Å². The smallest absolute Gasteiger partial charge is 0.257 e. The summed E-state index contributed by atoms with van der Waals surface area (Å²) in [5.74, 6) is 0.849. The van der Waals surface area contributed by atoms with Crippen LogP contribution in [-0.4, -0.2) is 36.0 Å². The second-order valence-electron chi connectivity index (χ2n) is 5.64. The predicted octanol–water partition coefficient (Wildman–Crippen LogP) is 2.58. The molecule has 1 unspecified atom stereocenters. The molecule has 0 bridgehead atoms. The van der Waals surface area contributed by atoms with Crippen LogP contribution in [-0.2, 0) is 0 Å². The lowest BCUT2D eigenvalue weighted by atomic mass is 10.0. The van der Waals surface area contributed by atoms with Crippen molar-refractivity contribution in [2.24, 2.45) is 0 Å². The maximum atomic E-state index is 12.5. The van der Waals surface area contributed by atoms with Gasteiger partial charge in [0.2, 0.25) is 0 Å². The Hall–Kier alpha value is -1.29. The minimum atomic E-state index is 0.0687. The van der Waals surface area contributed by atoms with Crippen molar-refractivity contribution >= 4 is 5.91 Å². The van der Waals surface area contributed by atoms with Crippen LogP contribution in [0.15, 0.2) is 16.7 Å². The molecular weight excluding hydrogens is 240 g/mol. The molecule has 0 saturated carbocycles. The summed E-state index contributed by atoms with van der Waals surface area (Å²) >= 11 is 0. The van der Waals surface area contributed by atoms with Gasteiger partial charge in [-0.25, -0.2) is 0 Å². The highest BCUT2D eigenvalue weighted by Crippen LogP contribution is 2.15. The van der Waals surface area contributed by atoms with E-state index in [0.29, 0.717) is 11.6 Å². The first-order valence-corrected chi connectivity index (χ1v) is 7.17. The topological polar surface area (TPSA) is 45.5 Å². The highest BCUT2D eigenvalue weighted by Gasteiger charge is 2.24. The summed E-state index contributed by atoms with van der Waals surface area (Å²) in [5, 5.41) is 3.50. The summed E-state index contributed by atoms with van der Waals surface area (Å²) < 4.78 is 5.24. The standard InChI is InChI=1S/C15H24N2O2/c1-11(2)17(9-14-6-4-5-7-16-14)15(18)13-8-12(3)19-10-13/h8,10-11,14,16H,4-7,9H2,1-3H3. The fourth-order valence-electron chi connectivity index (χ4n) is 2.57. The van der Waals surface area contributed by atoms with Crippen LogP contribution in [0.5, 0.6) is 0 Å². The monoisotopic (exact) mass is 264 g/mol. The Morgan fingerprint density at radius 3 is 2.84 bits per heavy atom. The number of carbonyl (C=O) groups excluding carboxylic acids is 1. The Morgan fingerprint density at radius 1 is 1.53 bits per heavy atom. The minimum absolute atomic E-state index is 0.0687. The minimum Gasteiger partial charge on any atom is -0.469 e. The van der Waals surface area contributed by atoms with Crippen LogP contribution in [0.3, 0.4) is 0 Å². The van der Waals surface area contributed by atoms with Gasteiger partial charge < -0.3 is 14.6 Å². The molecule has 0 aliphatic carbocycles. The number of hydrogen-bond acceptors (Lipinski definition) is 3. The fourth-order valence-corrected chi connectivity index (χ4v) is 2.57. The number of piperidine rings is 1. The highest BCUT2D eigenvalue weighted by atomic mass is 16.3. The van der Waals surface area contributed by atoms with Crippen molar-refractivity contribution in [3.8, 4) is 0 Å². The number of carbonyl (C=O) groups is 1. The van der Waals surface area contributed by atoms with E-state index in [0.717, 1.165) is 25.3 Å². The van der Waals surface area contributed by atoms with Crippen LogP contribution in [0, 0.1) is 6.92 Å². The molecule has 4 nitrogen and oxygen atoms in total. The van der Waals surface area contributed by atoms with E-state index in [4.69, 9.17) is 4.42 Å². The molecule has 4 heteroatoms. The Balaban J connectivity index is 2.04. The van der Waals surface area contributed by atoms with Gasteiger partial charge in [-0.1, -0.05) is 6.42 Å². The van der Waals surface area contributed by atoms with Gasteiger partial charge in [0, 0.05) is 18.6 Å². The molecule has 1 atom stereocenters. The van der Waals surface area contributed by atoms with Gasteiger partial charge in [-0.3, -0.25) is 4.79 Å². The Morgan fingerprint density at radius 2 is 2.32 bits per heavy atom. The largest absolute Gasteiger partial charge is 0.469 e. The van der Waals surface area contributed by atoms with Crippen LogP contribution < -0.4 is 5.32 Å². The zero-order valence-corrected chi connectivity index (χ0v) is 12.1. The maximum absolute atomic E-state index is 12.5. The van der Waals surface area contributed by atoms with Gasteiger partial charge in [-0.05, 0) is 46.2 Å². The van der Waals surface area contributed by atoms with Gasteiger partial charge in [0.05, 0.1) is 5.56 Å². The van der Waals surface area contributed by atoms with Crippen molar-refractivity contribution in [2.75, 3.05) is 13.1 Å². The molecular formula is C15H24N2O2. The second-order valence-corrected chi connectivity index (χ2v) is 5.64. The average molecular weight is 264 g/mol. The molecule has 1 aliphatic rings. The number of nitrogens with zero attached hydrogens (tertiary/aromatic N) is 1. The van der Waals surface area contributed by atoms with E-state index in [1.807, 2.05) is 17.9 Å². The average Bonchev–Trinajstić information content (AvgIpc) is 2.83. The molecule has 1 saturated heterocycles. The van der Waals surface area contributed by atoms with E-state index >= 15 is 0 Å². The molecule has 1 aliphatic heterocycles. The summed E-state index contributed by atoms with van der Waals surface area (Å²) in [4.78, 5) is 14.4. The molecule has 1 fully saturated rings. The molecule has 1 aromatic rings. The van der Waals surface area contributed by atoms with Crippen molar-refractivity contribution in [1.29, 1.82) is 0 Å².